The number of benzene rings is 1. The molecule has 17 heavy (non-hydrogen) atoms. The third-order valence-electron chi connectivity index (χ3n) is 2.73. The molecule has 2 rings (SSSR count). The van der Waals surface area contributed by atoms with E-state index in [0.717, 1.165) is 12.1 Å². The molecule has 0 saturated carbocycles. The molecule has 0 saturated heterocycles. The molecule has 0 fully saturated rings. The van der Waals surface area contributed by atoms with Gasteiger partial charge < -0.3 is 0 Å². The molecular formula is C14H13BrIN. The summed E-state index contributed by atoms with van der Waals surface area (Å²) in [6.07, 6.45) is 2.78. The highest BCUT2D eigenvalue weighted by Gasteiger charge is 2.13. The van der Waals surface area contributed by atoms with Crippen molar-refractivity contribution in [1.82, 2.24) is 4.98 Å². The SMILES string of the molecule is Cc1cccnc1CC(Br)c1ccccc1I. The number of nitrogens with zero attached hydrogens (tertiary/aromatic N) is 1. The first kappa shape index (κ1) is 13.0. The van der Waals surface area contributed by atoms with E-state index in [-0.39, 0.29) is 0 Å². The minimum atomic E-state index is 0.323. The lowest BCUT2D eigenvalue weighted by Crippen LogP contribution is -2.01. The second-order valence-corrected chi connectivity index (χ2v) is 6.23. The van der Waals surface area contributed by atoms with Crippen LogP contribution in [0.5, 0.6) is 0 Å². The normalized spacial score (nSPS) is 12.4. The quantitative estimate of drug-likeness (QED) is 0.537. The van der Waals surface area contributed by atoms with Gasteiger partial charge >= 0.3 is 0 Å². The van der Waals surface area contributed by atoms with Gasteiger partial charge in [0.2, 0.25) is 0 Å². The van der Waals surface area contributed by atoms with Crippen LogP contribution in [0.25, 0.3) is 0 Å². The van der Waals surface area contributed by atoms with E-state index in [1.165, 1.54) is 14.7 Å². The van der Waals surface area contributed by atoms with Crippen molar-refractivity contribution in [2.24, 2.45) is 0 Å². The van der Waals surface area contributed by atoms with E-state index >= 15 is 0 Å². The number of pyridine rings is 1. The van der Waals surface area contributed by atoms with Gasteiger partial charge in [-0.05, 0) is 52.8 Å². The molecule has 2 aromatic rings. The molecule has 0 bridgehead atoms. The number of rotatable bonds is 3. The average molecular weight is 402 g/mol. The third kappa shape index (κ3) is 3.28. The minimum Gasteiger partial charge on any atom is -0.261 e. The van der Waals surface area contributed by atoms with Crippen molar-refractivity contribution in [2.75, 3.05) is 0 Å². The molecule has 1 unspecified atom stereocenters. The van der Waals surface area contributed by atoms with Crippen molar-refractivity contribution in [3.8, 4) is 0 Å². The molecule has 0 N–H and O–H groups in total. The first-order chi connectivity index (χ1) is 8.18. The van der Waals surface area contributed by atoms with E-state index in [1.54, 1.807) is 0 Å². The minimum absolute atomic E-state index is 0.323. The van der Waals surface area contributed by atoms with Crippen LogP contribution in [0, 0.1) is 10.5 Å². The maximum Gasteiger partial charge on any atom is 0.0461 e. The van der Waals surface area contributed by atoms with E-state index in [0.29, 0.717) is 4.83 Å². The third-order valence-corrected chi connectivity index (χ3v) is 4.53. The van der Waals surface area contributed by atoms with E-state index in [9.17, 15) is 0 Å². The molecule has 0 radical (unpaired) electrons. The summed E-state index contributed by atoms with van der Waals surface area (Å²) in [5, 5.41) is 0. The van der Waals surface area contributed by atoms with E-state index < -0.39 is 0 Å². The van der Waals surface area contributed by atoms with Crippen LogP contribution in [0.15, 0.2) is 42.6 Å². The zero-order valence-corrected chi connectivity index (χ0v) is 13.3. The van der Waals surface area contributed by atoms with Crippen LogP contribution in [-0.2, 0) is 6.42 Å². The Hall–Kier alpha value is -0.420. The number of halogens is 2. The number of hydrogen-bond donors (Lipinski definition) is 0. The van der Waals surface area contributed by atoms with Crippen LogP contribution in [0.4, 0.5) is 0 Å². The summed E-state index contributed by atoms with van der Waals surface area (Å²) in [5.74, 6) is 0. The number of alkyl halides is 1. The predicted molar refractivity (Wildman–Crippen MR) is 83.5 cm³/mol. The Morgan fingerprint density at radius 1 is 1.24 bits per heavy atom. The Morgan fingerprint density at radius 3 is 2.71 bits per heavy atom. The van der Waals surface area contributed by atoms with Gasteiger partial charge in [0.15, 0.2) is 0 Å². The van der Waals surface area contributed by atoms with E-state index in [1.807, 2.05) is 12.3 Å². The second kappa shape index (κ2) is 5.96. The van der Waals surface area contributed by atoms with Crippen molar-refractivity contribution >= 4 is 38.5 Å². The largest absolute Gasteiger partial charge is 0.261 e. The molecule has 1 nitrogen and oxygen atoms in total. The highest BCUT2D eigenvalue weighted by Crippen LogP contribution is 2.30. The Labute approximate surface area is 124 Å². The van der Waals surface area contributed by atoms with Crippen LogP contribution < -0.4 is 0 Å². The highest BCUT2D eigenvalue weighted by molar-refractivity contribution is 14.1. The molecule has 1 atom stereocenters. The lowest BCUT2D eigenvalue weighted by molar-refractivity contribution is 0.888. The monoisotopic (exact) mass is 401 g/mol. The standard InChI is InChI=1S/C14H13BrIN/c1-10-5-4-8-17-14(10)9-12(15)11-6-2-3-7-13(11)16/h2-8,12H,9H2,1H3. The molecule has 1 aromatic heterocycles. The number of aryl methyl sites for hydroxylation is 1. The smallest absolute Gasteiger partial charge is 0.0461 e. The van der Waals surface area contributed by atoms with Crippen molar-refractivity contribution in [1.29, 1.82) is 0 Å². The van der Waals surface area contributed by atoms with Gasteiger partial charge in [0.1, 0.15) is 0 Å². The summed E-state index contributed by atoms with van der Waals surface area (Å²) >= 11 is 6.14. The van der Waals surface area contributed by atoms with Crippen molar-refractivity contribution in [3.63, 3.8) is 0 Å². The molecule has 88 valence electrons. The second-order valence-electron chi connectivity index (χ2n) is 3.96. The maximum absolute atomic E-state index is 4.44. The first-order valence-electron chi connectivity index (χ1n) is 5.47. The van der Waals surface area contributed by atoms with Gasteiger partial charge in [0.05, 0.1) is 0 Å². The predicted octanol–water partition coefficient (Wildman–Crippen LogP) is 4.67. The summed E-state index contributed by atoms with van der Waals surface area (Å²) in [5.41, 5.74) is 3.75. The molecule has 0 aliphatic rings. The number of aromatic nitrogens is 1. The van der Waals surface area contributed by atoms with Crippen molar-refractivity contribution < 1.29 is 0 Å². The van der Waals surface area contributed by atoms with E-state index in [2.05, 4.69) is 80.8 Å². The molecule has 0 amide bonds. The lowest BCUT2D eigenvalue weighted by Gasteiger charge is -2.13. The molecule has 1 aromatic carbocycles. The van der Waals surface area contributed by atoms with Gasteiger partial charge in [-0.25, -0.2) is 0 Å². The molecule has 0 aliphatic heterocycles. The van der Waals surface area contributed by atoms with Gasteiger partial charge in [-0.3, -0.25) is 4.98 Å². The first-order valence-corrected chi connectivity index (χ1v) is 7.47. The van der Waals surface area contributed by atoms with Crippen LogP contribution in [0.3, 0.4) is 0 Å². The Bertz CT molecular complexity index is 513. The lowest BCUT2D eigenvalue weighted by atomic mass is 10.1. The maximum atomic E-state index is 4.44. The van der Waals surface area contributed by atoms with Gasteiger partial charge in [-0.1, -0.05) is 40.2 Å². The van der Waals surface area contributed by atoms with Gasteiger partial charge in [-0.15, -0.1) is 0 Å². The molecule has 0 spiro atoms. The van der Waals surface area contributed by atoms with Crippen molar-refractivity contribution in [3.05, 3.63) is 63.0 Å². The average Bonchev–Trinajstić information content (AvgIpc) is 2.32. The summed E-state index contributed by atoms with van der Waals surface area (Å²) in [7, 11) is 0. The molecular weight excluding hydrogens is 389 g/mol. The Balaban J connectivity index is 2.20. The molecule has 1 heterocycles. The fourth-order valence-electron chi connectivity index (χ4n) is 1.74. The fourth-order valence-corrected chi connectivity index (χ4v) is 3.64. The van der Waals surface area contributed by atoms with Crippen LogP contribution >= 0.6 is 38.5 Å². The van der Waals surface area contributed by atoms with Crippen molar-refractivity contribution in [2.45, 2.75) is 18.2 Å². The van der Waals surface area contributed by atoms with Crippen LogP contribution in [-0.4, -0.2) is 4.98 Å². The summed E-state index contributed by atoms with van der Waals surface area (Å²) in [6.45, 7) is 2.11. The number of hydrogen-bond acceptors (Lipinski definition) is 1. The molecule has 0 aliphatic carbocycles. The zero-order chi connectivity index (χ0) is 12.3. The van der Waals surface area contributed by atoms with E-state index in [4.69, 9.17) is 0 Å². The fraction of sp³-hybridized carbons (Fsp3) is 0.214. The van der Waals surface area contributed by atoms with Gasteiger partial charge in [0.25, 0.3) is 0 Å². The Morgan fingerprint density at radius 2 is 2.00 bits per heavy atom. The summed E-state index contributed by atoms with van der Waals surface area (Å²) < 4.78 is 1.29. The Kier molecular flexibility index (Phi) is 4.56. The summed E-state index contributed by atoms with van der Waals surface area (Å²) in [4.78, 5) is 4.76. The van der Waals surface area contributed by atoms with Gasteiger partial charge in [-0.2, -0.15) is 0 Å². The summed E-state index contributed by atoms with van der Waals surface area (Å²) in [6, 6.07) is 12.5. The van der Waals surface area contributed by atoms with Crippen LogP contribution in [0.1, 0.15) is 21.6 Å². The molecule has 3 heteroatoms. The topological polar surface area (TPSA) is 12.9 Å². The van der Waals surface area contributed by atoms with Crippen LogP contribution in [0.2, 0.25) is 0 Å². The van der Waals surface area contributed by atoms with Gasteiger partial charge in [0, 0.05) is 26.7 Å². The zero-order valence-electron chi connectivity index (χ0n) is 9.53. The highest BCUT2D eigenvalue weighted by atomic mass is 127.